The van der Waals surface area contributed by atoms with Crippen LogP contribution in [0.3, 0.4) is 0 Å². The molecule has 0 N–H and O–H groups in total. The van der Waals surface area contributed by atoms with Crippen molar-refractivity contribution in [3.8, 4) is 11.1 Å². The van der Waals surface area contributed by atoms with Gasteiger partial charge in [-0.25, -0.2) is 8.78 Å². The molecule has 0 unspecified atom stereocenters. The molecular weight excluding hydrogens is 318 g/mol. The summed E-state index contributed by atoms with van der Waals surface area (Å²) in [6.45, 7) is 2.25. The number of rotatable bonds is 5. The fourth-order valence-corrected chi connectivity index (χ4v) is 4.06. The van der Waals surface area contributed by atoms with E-state index in [0.717, 1.165) is 17.5 Å². The molecule has 3 rings (SSSR count). The highest BCUT2D eigenvalue weighted by molar-refractivity contribution is 5.88. The van der Waals surface area contributed by atoms with Gasteiger partial charge in [-0.2, -0.15) is 0 Å². The van der Waals surface area contributed by atoms with Gasteiger partial charge in [-0.15, -0.1) is 0 Å². The summed E-state index contributed by atoms with van der Waals surface area (Å²) in [6.07, 6.45) is 7.99. The second kappa shape index (κ2) is 7.90. The molecule has 0 saturated heterocycles. The first-order valence-corrected chi connectivity index (χ1v) is 9.17. The first kappa shape index (κ1) is 17.8. The van der Waals surface area contributed by atoms with Gasteiger partial charge < -0.3 is 0 Å². The zero-order valence-corrected chi connectivity index (χ0v) is 14.6. The van der Waals surface area contributed by atoms with E-state index in [1.54, 1.807) is 0 Å². The maximum atomic E-state index is 13.8. The maximum Gasteiger partial charge on any atom is 0.169 e. The van der Waals surface area contributed by atoms with E-state index in [-0.39, 0.29) is 5.56 Å². The van der Waals surface area contributed by atoms with Gasteiger partial charge in [0.2, 0.25) is 0 Å². The minimum absolute atomic E-state index is 0.215. The quantitative estimate of drug-likeness (QED) is 0.565. The average molecular weight is 342 g/mol. The summed E-state index contributed by atoms with van der Waals surface area (Å²) < 4.78 is 27.1. The molecule has 1 saturated carbocycles. The fourth-order valence-electron chi connectivity index (χ4n) is 4.06. The van der Waals surface area contributed by atoms with Crippen molar-refractivity contribution in [1.82, 2.24) is 0 Å². The average Bonchev–Trinajstić information content (AvgIpc) is 2.65. The third-order valence-corrected chi connectivity index (χ3v) is 5.49. The van der Waals surface area contributed by atoms with Crippen molar-refractivity contribution in [3.05, 3.63) is 59.2 Å². The third kappa shape index (κ3) is 3.81. The van der Waals surface area contributed by atoms with Crippen LogP contribution in [0.5, 0.6) is 0 Å². The number of hydrogen-bond donors (Lipinski definition) is 0. The van der Waals surface area contributed by atoms with Crippen LogP contribution in [-0.2, 0) is 0 Å². The van der Waals surface area contributed by atoms with Gasteiger partial charge in [0.25, 0.3) is 0 Å². The molecule has 0 aliphatic heterocycles. The molecule has 1 aliphatic carbocycles. The molecule has 1 aliphatic rings. The Balaban J connectivity index is 1.78. The van der Waals surface area contributed by atoms with Crippen LogP contribution in [0.2, 0.25) is 0 Å². The van der Waals surface area contributed by atoms with E-state index >= 15 is 0 Å². The zero-order valence-electron chi connectivity index (χ0n) is 14.6. The third-order valence-electron chi connectivity index (χ3n) is 5.49. The Hall–Kier alpha value is -2.03. The molecule has 0 aromatic heterocycles. The van der Waals surface area contributed by atoms with Crippen molar-refractivity contribution < 1.29 is 13.6 Å². The summed E-state index contributed by atoms with van der Waals surface area (Å²) in [6, 6.07) is 10.5. The lowest BCUT2D eigenvalue weighted by atomic mass is 9.77. The van der Waals surface area contributed by atoms with Crippen LogP contribution in [0.4, 0.5) is 8.78 Å². The van der Waals surface area contributed by atoms with Gasteiger partial charge in [0.1, 0.15) is 0 Å². The first-order valence-electron chi connectivity index (χ1n) is 9.17. The molecule has 1 nitrogen and oxygen atoms in total. The van der Waals surface area contributed by atoms with Crippen LogP contribution in [0.15, 0.2) is 36.4 Å². The Bertz CT molecular complexity index is 728. The number of halogens is 2. The molecule has 3 heteroatoms. The Kier molecular flexibility index (Phi) is 5.62. The number of hydrogen-bond acceptors (Lipinski definition) is 1. The summed E-state index contributed by atoms with van der Waals surface area (Å²) in [4.78, 5) is 11.2. The minimum atomic E-state index is -1.08. The predicted molar refractivity (Wildman–Crippen MR) is 96.8 cm³/mol. The molecule has 1 fully saturated rings. The van der Waals surface area contributed by atoms with Crippen LogP contribution >= 0.6 is 0 Å². The van der Waals surface area contributed by atoms with Gasteiger partial charge in [-0.1, -0.05) is 50.1 Å². The largest absolute Gasteiger partial charge is 0.298 e. The molecule has 2 aromatic carbocycles. The molecule has 2 aromatic rings. The summed E-state index contributed by atoms with van der Waals surface area (Å²) >= 11 is 0. The van der Waals surface area contributed by atoms with E-state index in [2.05, 4.69) is 19.1 Å². The van der Waals surface area contributed by atoms with Crippen molar-refractivity contribution in [2.24, 2.45) is 5.92 Å². The van der Waals surface area contributed by atoms with E-state index in [0.29, 0.717) is 17.8 Å². The lowest BCUT2D eigenvalue weighted by molar-refractivity contribution is 0.111. The van der Waals surface area contributed by atoms with E-state index in [1.807, 2.05) is 12.1 Å². The molecule has 132 valence electrons. The summed E-state index contributed by atoms with van der Waals surface area (Å²) in [7, 11) is 0. The monoisotopic (exact) mass is 342 g/mol. The van der Waals surface area contributed by atoms with Crippen molar-refractivity contribution in [2.75, 3.05) is 0 Å². The fraction of sp³-hybridized carbons (Fsp3) is 0.409. The molecule has 0 spiro atoms. The second-order valence-electron chi connectivity index (χ2n) is 7.07. The van der Waals surface area contributed by atoms with Crippen molar-refractivity contribution in [1.29, 1.82) is 0 Å². The van der Waals surface area contributed by atoms with Crippen molar-refractivity contribution in [3.63, 3.8) is 0 Å². The SMILES string of the molecule is CCC[C@H]1CC[C@H](c2ccc(-c3ccc(F)c(F)c3C=O)cc2)CC1. The van der Waals surface area contributed by atoms with Gasteiger partial charge in [0, 0.05) is 0 Å². The Morgan fingerprint density at radius 2 is 1.68 bits per heavy atom. The highest BCUT2D eigenvalue weighted by Crippen LogP contribution is 2.38. The molecule has 0 bridgehead atoms. The molecule has 0 heterocycles. The van der Waals surface area contributed by atoms with E-state index < -0.39 is 11.6 Å². The van der Waals surface area contributed by atoms with Crippen LogP contribution in [0, 0.1) is 17.6 Å². The van der Waals surface area contributed by atoms with Crippen LogP contribution in [0.1, 0.15) is 67.3 Å². The normalized spacial score (nSPS) is 20.4. The lowest BCUT2D eigenvalue weighted by Gasteiger charge is -2.28. The van der Waals surface area contributed by atoms with Crippen molar-refractivity contribution in [2.45, 2.75) is 51.4 Å². The topological polar surface area (TPSA) is 17.1 Å². The smallest absolute Gasteiger partial charge is 0.169 e. The number of aldehydes is 1. The number of benzene rings is 2. The lowest BCUT2D eigenvalue weighted by Crippen LogP contribution is -2.13. The highest BCUT2D eigenvalue weighted by Gasteiger charge is 2.22. The standard InChI is InChI=1S/C22H24F2O/c1-2-3-15-4-6-16(7-5-15)17-8-10-18(11-9-17)19-12-13-21(23)22(24)20(19)14-25/h8-16H,2-7H2,1H3/t15-,16-. The van der Waals surface area contributed by atoms with Crippen molar-refractivity contribution >= 4 is 6.29 Å². The maximum absolute atomic E-state index is 13.8. The zero-order chi connectivity index (χ0) is 17.8. The van der Waals surface area contributed by atoms with Gasteiger partial charge in [0.05, 0.1) is 5.56 Å². The second-order valence-corrected chi connectivity index (χ2v) is 7.07. The Morgan fingerprint density at radius 1 is 1.00 bits per heavy atom. The van der Waals surface area contributed by atoms with E-state index in [9.17, 15) is 13.6 Å². The van der Waals surface area contributed by atoms with Gasteiger partial charge in [0.15, 0.2) is 17.9 Å². The van der Waals surface area contributed by atoms with Crippen LogP contribution in [0.25, 0.3) is 11.1 Å². The Labute approximate surface area is 148 Å². The number of carbonyl (C=O) groups excluding carboxylic acids is 1. The van der Waals surface area contributed by atoms with Gasteiger partial charge in [-0.05, 0) is 60.3 Å². The number of carbonyl (C=O) groups is 1. The molecule has 0 amide bonds. The molecular formula is C22H24F2O. The predicted octanol–water partition coefficient (Wildman–Crippen LogP) is 6.52. The molecule has 25 heavy (non-hydrogen) atoms. The van der Waals surface area contributed by atoms with Crippen LogP contribution < -0.4 is 0 Å². The van der Waals surface area contributed by atoms with Gasteiger partial charge in [-0.3, -0.25) is 4.79 Å². The molecule has 0 atom stereocenters. The highest BCUT2D eigenvalue weighted by atomic mass is 19.2. The summed E-state index contributed by atoms with van der Waals surface area (Å²) in [5, 5.41) is 0. The van der Waals surface area contributed by atoms with E-state index in [4.69, 9.17) is 0 Å². The Morgan fingerprint density at radius 3 is 2.28 bits per heavy atom. The molecule has 0 radical (unpaired) electrons. The van der Waals surface area contributed by atoms with Crippen LogP contribution in [-0.4, -0.2) is 6.29 Å². The summed E-state index contributed by atoms with van der Waals surface area (Å²) in [5.41, 5.74) is 2.26. The first-order chi connectivity index (χ1) is 12.1. The van der Waals surface area contributed by atoms with Gasteiger partial charge >= 0.3 is 0 Å². The summed E-state index contributed by atoms with van der Waals surface area (Å²) in [5.74, 6) is -0.618. The minimum Gasteiger partial charge on any atom is -0.298 e. The van der Waals surface area contributed by atoms with E-state index in [1.165, 1.54) is 50.2 Å².